The molecule has 0 bridgehead atoms. The van der Waals surface area contributed by atoms with E-state index < -0.39 is 0 Å². The Labute approximate surface area is 120 Å². The van der Waals surface area contributed by atoms with E-state index in [2.05, 4.69) is 25.7 Å². The molecule has 1 atom stereocenters. The standard InChI is InChI=1S/C16H20ClFO/c1-3-6-13(2)12-19-16-11-15(18)9-8-14(16)7-4-5-10-17/h8-9,11,13H,3,5-6,10,12H2,1-2H3. The maximum Gasteiger partial charge on any atom is 0.137 e. The van der Waals surface area contributed by atoms with Gasteiger partial charge in [0.1, 0.15) is 11.6 Å². The van der Waals surface area contributed by atoms with E-state index in [9.17, 15) is 4.39 Å². The summed E-state index contributed by atoms with van der Waals surface area (Å²) in [6.07, 6.45) is 2.84. The molecule has 0 heterocycles. The van der Waals surface area contributed by atoms with E-state index >= 15 is 0 Å². The average Bonchev–Trinajstić information content (AvgIpc) is 2.39. The van der Waals surface area contributed by atoms with Crippen molar-refractivity contribution in [2.45, 2.75) is 33.1 Å². The molecule has 0 amide bonds. The molecular formula is C16H20ClFO. The minimum absolute atomic E-state index is 0.305. The quantitative estimate of drug-likeness (QED) is 0.546. The van der Waals surface area contributed by atoms with Crippen molar-refractivity contribution in [3.05, 3.63) is 29.6 Å². The van der Waals surface area contributed by atoms with Crippen molar-refractivity contribution in [3.63, 3.8) is 0 Å². The van der Waals surface area contributed by atoms with E-state index in [1.807, 2.05) is 0 Å². The smallest absolute Gasteiger partial charge is 0.137 e. The molecule has 3 heteroatoms. The number of hydrogen-bond donors (Lipinski definition) is 0. The monoisotopic (exact) mass is 282 g/mol. The Morgan fingerprint density at radius 3 is 2.89 bits per heavy atom. The zero-order chi connectivity index (χ0) is 14.1. The molecule has 1 aromatic rings. The molecule has 0 aliphatic heterocycles. The molecule has 0 aliphatic rings. The fourth-order valence-corrected chi connectivity index (χ4v) is 1.83. The lowest BCUT2D eigenvalue weighted by atomic mass is 10.1. The zero-order valence-electron chi connectivity index (χ0n) is 11.5. The van der Waals surface area contributed by atoms with Crippen molar-refractivity contribution in [2.24, 2.45) is 5.92 Å². The molecule has 1 rings (SSSR count). The predicted molar refractivity (Wildman–Crippen MR) is 78.2 cm³/mol. The van der Waals surface area contributed by atoms with Crippen LogP contribution in [-0.4, -0.2) is 12.5 Å². The molecule has 1 aromatic carbocycles. The summed E-state index contributed by atoms with van der Waals surface area (Å²) in [5.74, 6) is 7.08. The number of ether oxygens (including phenoxy) is 1. The van der Waals surface area contributed by atoms with Gasteiger partial charge in [0.25, 0.3) is 0 Å². The largest absolute Gasteiger partial charge is 0.492 e. The maximum absolute atomic E-state index is 13.3. The fourth-order valence-electron chi connectivity index (χ4n) is 1.73. The third kappa shape index (κ3) is 5.98. The second-order valence-electron chi connectivity index (χ2n) is 4.59. The highest BCUT2D eigenvalue weighted by molar-refractivity contribution is 6.18. The number of alkyl halides is 1. The molecule has 104 valence electrons. The van der Waals surface area contributed by atoms with Crippen molar-refractivity contribution < 1.29 is 9.13 Å². The highest BCUT2D eigenvalue weighted by atomic mass is 35.5. The lowest BCUT2D eigenvalue weighted by Gasteiger charge is -2.13. The van der Waals surface area contributed by atoms with Gasteiger partial charge in [0.2, 0.25) is 0 Å². The predicted octanol–water partition coefficient (Wildman–Crippen LogP) is 4.62. The molecule has 1 unspecified atom stereocenters. The Balaban J connectivity index is 2.74. The first-order chi connectivity index (χ1) is 9.17. The van der Waals surface area contributed by atoms with Crippen LogP contribution in [0.3, 0.4) is 0 Å². The Kier molecular flexibility index (Phi) is 7.36. The molecule has 19 heavy (non-hydrogen) atoms. The average molecular weight is 283 g/mol. The second-order valence-corrected chi connectivity index (χ2v) is 4.96. The fraction of sp³-hybridized carbons (Fsp3) is 0.500. The van der Waals surface area contributed by atoms with Gasteiger partial charge < -0.3 is 4.74 Å². The van der Waals surface area contributed by atoms with E-state index in [1.54, 1.807) is 6.07 Å². The normalized spacial score (nSPS) is 11.6. The zero-order valence-corrected chi connectivity index (χ0v) is 12.3. The SMILES string of the molecule is CCCC(C)COc1cc(F)ccc1C#CCCCl. The van der Waals surface area contributed by atoms with Crippen LogP contribution in [0.4, 0.5) is 4.39 Å². The van der Waals surface area contributed by atoms with Crippen LogP contribution < -0.4 is 4.74 Å². The Bertz CT molecular complexity index is 448. The Morgan fingerprint density at radius 1 is 1.42 bits per heavy atom. The molecule has 0 aromatic heterocycles. The lowest BCUT2D eigenvalue weighted by molar-refractivity contribution is 0.250. The van der Waals surface area contributed by atoms with Gasteiger partial charge in [0.15, 0.2) is 0 Å². The molecule has 0 fully saturated rings. The topological polar surface area (TPSA) is 9.23 Å². The number of rotatable bonds is 6. The van der Waals surface area contributed by atoms with E-state index in [1.165, 1.54) is 12.1 Å². The maximum atomic E-state index is 13.3. The first-order valence-electron chi connectivity index (χ1n) is 6.64. The molecule has 1 nitrogen and oxygen atoms in total. The molecule has 0 saturated heterocycles. The van der Waals surface area contributed by atoms with E-state index in [-0.39, 0.29) is 5.82 Å². The third-order valence-electron chi connectivity index (χ3n) is 2.69. The van der Waals surface area contributed by atoms with Crippen molar-refractivity contribution in [1.29, 1.82) is 0 Å². The van der Waals surface area contributed by atoms with E-state index in [0.717, 1.165) is 18.4 Å². The van der Waals surface area contributed by atoms with Crippen molar-refractivity contribution in [3.8, 4) is 17.6 Å². The summed E-state index contributed by atoms with van der Waals surface area (Å²) in [5.41, 5.74) is 0.718. The van der Waals surface area contributed by atoms with Crippen LogP contribution in [-0.2, 0) is 0 Å². The number of benzene rings is 1. The van der Waals surface area contributed by atoms with Gasteiger partial charge in [-0.3, -0.25) is 0 Å². The third-order valence-corrected chi connectivity index (χ3v) is 2.88. The summed E-state index contributed by atoms with van der Waals surface area (Å²) < 4.78 is 18.9. The van der Waals surface area contributed by atoms with Gasteiger partial charge in [0, 0.05) is 18.4 Å². The minimum Gasteiger partial charge on any atom is -0.492 e. The van der Waals surface area contributed by atoms with Crippen LogP contribution in [0.5, 0.6) is 5.75 Å². The van der Waals surface area contributed by atoms with Crippen LogP contribution in [0, 0.1) is 23.6 Å². The van der Waals surface area contributed by atoms with Gasteiger partial charge in [-0.25, -0.2) is 4.39 Å². The van der Waals surface area contributed by atoms with Gasteiger partial charge in [-0.15, -0.1) is 11.6 Å². The summed E-state index contributed by atoms with van der Waals surface area (Å²) in [7, 11) is 0. The number of hydrogen-bond acceptors (Lipinski definition) is 1. The molecule has 0 saturated carbocycles. The second kappa shape index (κ2) is 8.82. The van der Waals surface area contributed by atoms with Crippen molar-refractivity contribution in [2.75, 3.05) is 12.5 Å². The summed E-state index contributed by atoms with van der Waals surface area (Å²) in [4.78, 5) is 0. The molecule has 0 radical (unpaired) electrons. The van der Waals surface area contributed by atoms with Crippen LogP contribution in [0.1, 0.15) is 38.7 Å². The number of halogens is 2. The summed E-state index contributed by atoms with van der Waals surface area (Å²) in [5, 5.41) is 0. The highest BCUT2D eigenvalue weighted by Crippen LogP contribution is 2.20. The van der Waals surface area contributed by atoms with Crippen LogP contribution >= 0.6 is 11.6 Å². The highest BCUT2D eigenvalue weighted by Gasteiger charge is 2.06. The Hall–Kier alpha value is -1.20. The molecule has 0 aliphatic carbocycles. The first-order valence-corrected chi connectivity index (χ1v) is 7.18. The molecule has 0 N–H and O–H groups in total. The van der Waals surface area contributed by atoms with Crippen molar-refractivity contribution in [1.82, 2.24) is 0 Å². The lowest BCUT2D eigenvalue weighted by Crippen LogP contribution is -2.09. The molecular weight excluding hydrogens is 263 g/mol. The van der Waals surface area contributed by atoms with Gasteiger partial charge in [-0.2, -0.15) is 0 Å². The molecule has 0 spiro atoms. The van der Waals surface area contributed by atoms with Gasteiger partial charge in [-0.1, -0.05) is 32.1 Å². The summed E-state index contributed by atoms with van der Waals surface area (Å²) >= 11 is 5.58. The van der Waals surface area contributed by atoms with Crippen LogP contribution in [0.25, 0.3) is 0 Å². The Morgan fingerprint density at radius 2 is 2.21 bits per heavy atom. The van der Waals surface area contributed by atoms with Crippen molar-refractivity contribution >= 4 is 11.6 Å². The first kappa shape index (κ1) is 15.9. The van der Waals surface area contributed by atoms with Gasteiger partial charge in [0.05, 0.1) is 12.2 Å². The van der Waals surface area contributed by atoms with Crippen LogP contribution in [0.2, 0.25) is 0 Å². The minimum atomic E-state index is -0.305. The van der Waals surface area contributed by atoms with Gasteiger partial charge in [-0.05, 0) is 24.5 Å². The van der Waals surface area contributed by atoms with E-state index in [4.69, 9.17) is 16.3 Å². The van der Waals surface area contributed by atoms with Crippen LogP contribution in [0.15, 0.2) is 18.2 Å². The van der Waals surface area contributed by atoms with E-state index in [0.29, 0.717) is 30.6 Å². The summed E-state index contributed by atoms with van der Waals surface area (Å²) in [6, 6.07) is 4.44. The summed E-state index contributed by atoms with van der Waals surface area (Å²) in [6.45, 7) is 4.85. The van der Waals surface area contributed by atoms with Gasteiger partial charge >= 0.3 is 0 Å².